The van der Waals surface area contributed by atoms with Crippen LogP contribution in [0, 0.1) is 5.41 Å². The van der Waals surface area contributed by atoms with Crippen molar-refractivity contribution < 1.29 is 4.79 Å². The van der Waals surface area contributed by atoms with Gasteiger partial charge in [-0.3, -0.25) is 4.79 Å². The van der Waals surface area contributed by atoms with Crippen molar-refractivity contribution in [3.63, 3.8) is 0 Å². The number of nitrogens with one attached hydrogen (secondary N) is 2. The van der Waals surface area contributed by atoms with E-state index >= 15 is 0 Å². The number of carbonyl (C=O) groups is 1. The van der Waals surface area contributed by atoms with Gasteiger partial charge in [0.05, 0.1) is 0 Å². The largest absolute Gasteiger partial charge is 0.356 e. The van der Waals surface area contributed by atoms with Gasteiger partial charge in [-0.25, -0.2) is 0 Å². The maximum atomic E-state index is 10.9. The maximum absolute atomic E-state index is 10.9. The number of carbonyl (C=O) groups excluding carboxylic acids is 1. The van der Waals surface area contributed by atoms with Crippen molar-refractivity contribution in [3.8, 4) is 0 Å². The van der Waals surface area contributed by atoms with Crippen LogP contribution < -0.4 is 10.6 Å². The van der Waals surface area contributed by atoms with Crippen LogP contribution in [0.15, 0.2) is 0 Å². The molecule has 0 aromatic heterocycles. The molecule has 0 aliphatic heterocycles. The number of amides is 1. The zero-order chi connectivity index (χ0) is 11.0. The molecular weight excluding hydrogens is 176 g/mol. The smallest absolute Gasteiger partial charge is 0.219 e. The molecule has 0 aromatic rings. The van der Waals surface area contributed by atoms with Crippen LogP contribution in [0.2, 0.25) is 0 Å². The van der Waals surface area contributed by atoms with Crippen LogP contribution in [-0.4, -0.2) is 25.5 Å². The molecule has 0 rings (SSSR count). The third kappa shape index (κ3) is 9.52. The highest BCUT2D eigenvalue weighted by Gasteiger charge is 2.08. The second kappa shape index (κ2) is 6.82. The highest BCUT2D eigenvalue weighted by Crippen LogP contribution is 2.09. The summed E-state index contributed by atoms with van der Waals surface area (Å²) >= 11 is 0. The normalized spacial score (nSPS) is 11.4. The molecule has 84 valence electrons. The summed E-state index contributed by atoms with van der Waals surface area (Å²) in [5.74, 6) is 0.140. The standard InChI is InChI=1S/C11H24N2O/c1-5-10(14)13-8-6-7-12-9-11(2,3)4/h12H,5-9H2,1-4H3,(H,13,14). The Morgan fingerprint density at radius 1 is 1.21 bits per heavy atom. The predicted octanol–water partition coefficient (Wildman–Crippen LogP) is 1.54. The van der Waals surface area contributed by atoms with Crippen LogP contribution in [-0.2, 0) is 4.79 Å². The van der Waals surface area contributed by atoms with Gasteiger partial charge in [-0.05, 0) is 24.9 Å². The van der Waals surface area contributed by atoms with Crippen molar-refractivity contribution in [1.29, 1.82) is 0 Å². The molecule has 3 heteroatoms. The van der Waals surface area contributed by atoms with Crippen molar-refractivity contribution in [2.24, 2.45) is 5.41 Å². The SMILES string of the molecule is CCC(=O)NCCCNCC(C)(C)C. The molecule has 0 heterocycles. The third-order valence-corrected chi connectivity index (χ3v) is 1.83. The van der Waals surface area contributed by atoms with Crippen LogP contribution in [0.4, 0.5) is 0 Å². The zero-order valence-electron chi connectivity index (χ0n) is 9.94. The average molecular weight is 200 g/mol. The predicted molar refractivity (Wildman–Crippen MR) is 60.2 cm³/mol. The van der Waals surface area contributed by atoms with Crippen LogP contribution in [0.5, 0.6) is 0 Å². The minimum absolute atomic E-state index is 0.140. The van der Waals surface area contributed by atoms with Crippen LogP contribution in [0.1, 0.15) is 40.5 Å². The summed E-state index contributed by atoms with van der Waals surface area (Å²) in [6, 6.07) is 0. The van der Waals surface area contributed by atoms with Crippen molar-refractivity contribution >= 4 is 5.91 Å². The highest BCUT2D eigenvalue weighted by atomic mass is 16.1. The first kappa shape index (κ1) is 13.4. The van der Waals surface area contributed by atoms with E-state index in [0.29, 0.717) is 11.8 Å². The Labute approximate surface area is 87.6 Å². The topological polar surface area (TPSA) is 41.1 Å². The van der Waals surface area contributed by atoms with E-state index in [4.69, 9.17) is 0 Å². The Bertz CT molecular complexity index is 161. The van der Waals surface area contributed by atoms with Crippen molar-refractivity contribution in [1.82, 2.24) is 10.6 Å². The van der Waals surface area contributed by atoms with Crippen molar-refractivity contribution in [3.05, 3.63) is 0 Å². The van der Waals surface area contributed by atoms with E-state index in [9.17, 15) is 4.79 Å². The lowest BCUT2D eigenvalue weighted by Crippen LogP contribution is -2.30. The molecular formula is C11H24N2O. The number of rotatable bonds is 6. The molecule has 0 atom stereocenters. The van der Waals surface area contributed by atoms with Crippen LogP contribution in [0.3, 0.4) is 0 Å². The molecule has 3 nitrogen and oxygen atoms in total. The quantitative estimate of drug-likeness (QED) is 0.639. The molecule has 0 aliphatic rings. The number of hydrogen-bond acceptors (Lipinski definition) is 2. The fourth-order valence-corrected chi connectivity index (χ4v) is 1.03. The molecule has 0 aromatic carbocycles. The molecule has 0 unspecified atom stereocenters. The lowest BCUT2D eigenvalue weighted by molar-refractivity contribution is -0.120. The monoisotopic (exact) mass is 200 g/mol. The summed E-state index contributed by atoms with van der Waals surface area (Å²) in [5.41, 5.74) is 0.340. The van der Waals surface area contributed by atoms with E-state index < -0.39 is 0 Å². The zero-order valence-corrected chi connectivity index (χ0v) is 9.94. The Morgan fingerprint density at radius 2 is 1.86 bits per heavy atom. The molecule has 2 N–H and O–H groups in total. The molecule has 0 saturated carbocycles. The van der Waals surface area contributed by atoms with Gasteiger partial charge in [-0.15, -0.1) is 0 Å². The van der Waals surface area contributed by atoms with Gasteiger partial charge in [0.2, 0.25) is 5.91 Å². The van der Waals surface area contributed by atoms with Crippen LogP contribution in [0.25, 0.3) is 0 Å². The third-order valence-electron chi connectivity index (χ3n) is 1.83. The summed E-state index contributed by atoms with van der Waals surface area (Å²) in [4.78, 5) is 10.9. The van der Waals surface area contributed by atoms with Gasteiger partial charge in [-0.1, -0.05) is 27.7 Å². The van der Waals surface area contributed by atoms with E-state index in [0.717, 1.165) is 26.1 Å². The summed E-state index contributed by atoms with van der Waals surface area (Å²) < 4.78 is 0. The first-order valence-electron chi connectivity index (χ1n) is 5.43. The fraction of sp³-hybridized carbons (Fsp3) is 0.909. The molecule has 0 radical (unpaired) electrons. The summed E-state index contributed by atoms with van der Waals surface area (Å²) in [6.45, 7) is 11.3. The van der Waals surface area contributed by atoms with Gasteiger partial charge >= 0.3 is 0 Å². The van der Waals surface area contributed by atoms with Crippen molar-refractivity contribution in [2.75, 3.05) is 19.6 Å². The molecule has 0 saturated heterocycles. The Kier molecular flexibility index (Phi) is 6.54. The van der Waals surface area contributed by atoms with E-state index in [1.165, 1.54) is 0 Å². The van der Waals surface area contributed by atoms with Gasteiger partial charge < -0.3 is 10.6 Å². The van der Waals surface area contributed by atoms with Gasteiger partial charge in [0.1, 0.15) is 0 Å². The van der Waals surface area contributed by atoms with Gasteiger partial charge in [0, 0.05) is 13.0 Å². The van der Waals surface area contributed by atoms with Gasteiger partial charge in [0.15, 0.2) is 0 Å². The highest BCUT2D eigenvalue weighted by molar-refractivity contribution is 5.75. The Balaban J connectivity index is 3.18. The van der Waals surface area contributed by atoms with E-state index in [2.05, 4.69) is 31.4 Å². The van der Waals surface area contributed by atoms with E-state index in [1.807, 2.05) is 6.92 Å². The lowest BCUT2D eigenvalue weighted by Gasteiger charge is -2.18. The van der Waals surface area contributed by atoms with E-state index in [1.54, 1.807) is 0 Å². The van der Waals surface area contributed by atoms with Gasteiger partial charge in [-0.2, -0.15) is 0 Å². The van der Waals surface area contributed by atoms with Crippen molar-refractivity contribution in [2.45, 2.75) is 40.5 Å². The molecule has 14 heavy (non-hydrogen) atoms. The summed E-state index contributed by atoms with van der Waals surface area (Å²) in [7, 11) is 0. The Hall–Kier alpha value is -0.570. The van der Waals surface area contributed by atoms with E-state index in [-0.39, 0.29) is 5.91 Å². The molecule has 0 aliphatic carbocycles. The second-order valence-electron chi connectivity index (χ2n) is 4.79. The molecule has 0 spiro atoms. The summed E-state index contributed by atoms with van der Waals surface area (Å²) in [5, 5.41) is 6.22. The lowest BCUT2D eigenvalue weighted by atomic mass is 9.97. The minimum atomic E-state index is 0.140. The maximum Gasteiger partial charge on any atom is 0.219 e. The van der Waals surface area contributed by atoms with Gasteiger partial charge in [0.25, 0.3) is 0 Å². The molecule has 0 fully saturated rings. The fourth-order valence-electron chi connectivity index (χ4n) is 1.03. The molecule has 1 amide bonds. The minimum Gasteiger partial charge on any atom is -0.356 e. The molecule has 0 bridgehead atoms. The van der Waals surface area contributed by atoms with Crippen LogP contribution >= 0.6 is 0 Å². The summed E-state index contributed by atoms with van der Waals surface area (Å²) in [6.07, 6.45) is 1.58. The number of hydrogen-bond donors (Lipinski definition) is 2. The first-order chi connectivity index (χ1) is 6.45. The second-order valence-corrected chi connectivity index (χ2v) is 4.79. The average Bonchev–Trinajstić information content (AvgIpc) is 2.08. The Morgan fingerprint density at radius 3 is 2.36 bits per heavy atom. The first-order valence-corrected chi connectivity index (χ1v) is 5.43.